The Balaban J connectivity index is 2.01. The summed E-state index contributed by atoms with van der Waals surface area (Å²) >= 11 is 3.47. The molecule has 6 heteroatoms. The molecular formula is C15H11BrFN3O. The molecule has 0 amide bonds. The van der Waals surface area contributed by atoms with Crippen LogP contribution in [0, 0.1) is 12.7 Å². The third-order valence-electron chi connectivity index (χ3n) is 3.10. The summed E-state index contributed by atoms with van der Waals surface area (Å²) in [7, 11) is 0. The molecule has 0 aliphatic carbocycles. The zero-order chi connectivity index (χ0) is 15.0. The van der Waals surface area contributed by atoms with Crippen LogP contribution in [-0.2, 0) is 0 Å². The third-order valence-corrected chi connectivity index (χ3v) is 3.95. The van der Waals surface area contributed by atoms with Crippen LogP contribution in [0.5, 0.6) is 0 Å². The average molecular weight is 348 g/mol. The van der Waals surface area contributed by atoms with Crippen molar-refractivity contribution < 1.29 is 8.91 Å². The smallest absolute Gasteiger partial charge is 0.260 e. The first kappa shape index (κ1) is 13.8. The molecule has 0 aliphatic rings. The number of benzene rings is 2. The van der Waals surface area contributed by atoms with Crippen molar-refractivity contribution in [1.82, 2.24) is 10.1 Å². The first-order valence-electron chi connectivity index (χ1n) is 6.20. The zero-order valence-electron chi connectivity index (χ0n) is 11.1. The minimum absolute atomic E-state index is 0.260. The van der Waals surface area contributed by atoms with Gasteiger partial charge in [-0.15, -0.1) is 0 Å². The molecule has 0 bridgehead atoms. The maximum atomic E-state index is 13.1. The van der Waals surface area contributed by atoms with Crippen LogP contribution in [0.1, 0.15) is 5.56 Å². The fourth-order valence-corrected chi connectivity index (χ4v) is 2.29. The van der Waals surface area contributed by atoms with Crippen molar-refractivity contribution in [3.05, 3.63) is 52.3 Å². The van der Waals surface area contributed by atoms with Gasteiger partial charge in [0.1, 0.15) is 5.82 Å². The first-order valence-corrected chi connectivity index (χ1v) is 6.99. The highest BCUT2D eigenvalue weighted by Gasteiger charge is 2.14. The normalized spacial score (nSPS) is 10.8. The molecule has 3 rings (SSSR count). The lowest BCUT2D eigenvalue weighted by Gasteiger charge is -2.00. The van der Waals surface area contributed by atoms with Crippen molar-refractivity contribution in [2.24, 2.45) is 0 Å². The molecule has 4 nitrogen and oxygen atoms in total. The summed E-state index contributed by atoms with van der Waals surface area (Å²) in [5.41, 5.74) is 8.48. The van der Waals surface area contributed by atoms with Crippen LogP contribution in [0.25, 0.3) is 22.8 Å². The molecule has 2 N–H and O–H groups in total. The van der Waals surface area contributed by atoms with Crippen LogP contribution in [0.3, 0.4) is 0 Å². The number of nitrogen functional groups attached to an aromatic ring is 1. The van der Waals surface area contributed by atoms with Gasteiger partial charge >= 0.3 is 0 Å². The van der Waals surface area contributed by atoms with Gasteiger partial charge < -0.3 is 10.3 Å². The molecule has 0 unspecified atom stereocenters. The molecule has 106 valence electrons. The standard InChI is InChI=1S/C15H11BrFN3O/c1-8-2-3-9(6-12(8)16)14-19-15(21-20-14)11-5-4-10(17)7-13(11)18/h2-7H,18H2,1H3. The van der Waals surface area contributed by atoms with E-state index < -0.39 is 5.82 Å². The Kier molecular flexibility index (Phi) is 3.47. The van der Waals surface area contributed by atoms with E-state index in [1.807, 2.05) is 25.1 Å². The molecule has 21 heavy (non-hydrogen) atoms. The predicted octanol–water partition coefficient (Wildman–Crippen LogP) is 4.20. The Labute approximate surface area is 128 Å². The third kappa shape index (κ3) is 2.67. The molecule has 0 saturated carbocycles. The molecule has 0 spiro atoms. The monoisotopic (exact) mass is 347 g/mol. The van der Waals surface area contributed by atoms with Crippen LogP contribution >= 0.6 is 15.9 Å². The SMILES string of the molecule is Cc1ccc(-c2noc(-c3ccc(F)cc3N)n2)cc1Br. The summed E-state index contributed by atoms with van der Waals surface area (Å²) in [5, 5.41) is 3.94. The number of nitrogens with zero attached hydrogens (tertiary/aromatic N) is 2. The van der Waals surface area contributed by atoms with Crippen LogP contribution in [0.4, 0.5) is 10.1 Å². The maximum absolute atomic E-state index is 13.1. The van der Waals surface area contributed by atoms with E-state index in [4.69, 9.17) is 10.3 Å². The van der Waals surface area contributed by atoms with Crippen molar-refractivity contribution in [2.75, 3.05) is 5.73 Å². The second-order valence-electron chi connectivity index (χ2n) is 4.62. The quantitative estimate of drug-likeness (QED) is 0.705. The maximum Gasteiger partial charge on any atom is 0.260 e. The van der Waals surface area contributed by atoms with Crippen LogP contribution < -0.4 is 5.73 Å². The van der Waals surface area contributed by atoms with E-state index in [0.29, 0.717) is 11.4 Å². The van der Waals surface area contributed by atoms with Crippen molar-refractivity contribution in [2.45, 2.75) is 6.92 Å². The van der Waals surface area contributed by atoms with E-state index >= 15 is 0 Å². The second-order valence-corrected chi connectivity index (χ2v) is 5.47. The Hall–Kier alpha value is -2.21. The summed E-state index contributed by atoms with van der Waals surface area (Å²) in [6, 6.07) is 9.83. The highest BCUT2D eigenvalue weighted by Crippen LogP contribution is 2.28. The van der Waals surface area contributed by atoms with Gasteiger partial charge in [0.2, 0.25) is 5.82 Å². The van der Waals surface area contributed by atoms with Crippen LogP contribution in [-0.4, -0.2) is 10.1 Å². The molecule has 2 aromatic carbocycles. The fourth-order valence-electron chi connectivity index (χ4n) is 1.91. The number of nitrogens with two attached hydrogens (primary N) is 1. The van der Waals surface area contributed by atoms with Gasteiger partial charge in [-0.05, 0) is 36.8 Å². The van der Waals surface area contributed by atoms with Crippen molar-refractivity contribution in [3.8, 4) is 22.8 Å². The van der Waals surface area contributed by atoms with E-state index in [1.165, 1.54) is 18.2 Å². The minimum atomic E-state index is -0.404. The summed E-state index contributed by atoms with van der Waals surface area (Å²) in [5.74, 6) is 0.312. The molecule has 0 saturated heterocycles. The molecule has 1 heterocycles. The summed E-state index contributed by atoms with van der Waals surface area (Å²) < 4.78 is 19.2. The lowest BCUT2D eigenvalue weighted by Crippen LogP contribution is -1.91. The number of aryl methyl sites for hydroxylation is 1. The molecule has 1 aromatic heterocycles. The Morgan fingerprint density at radius 1 is 1.19 bits per heavy atom. The van der Waals surface area contributed by atoms with Crippen LogP contribution in [0.2, 0.25) is 0 Å². The lowest BCUT2D eigenvalue weighted by atomic mass is 10.1. The first-order chi connectivity index (χ1) is 10.0. The predicted molar refractivity (Wildman–Crippen MR) is 82.0 cm³/mol. The van der Waals surface area contributed by atoms with Crippen molar-refractivity contribution in [3.63, 3.8) is 0 Å². The van der Waals surface area contributed by atoms with E-state index in [9.17, 15) is 4.39 Å². The fraction of sp³-hybridized carbons (Fsp3) is 0.0667. The summed E-state index contributed by atoms with van der Waals surface area (Å²) in [4.78, 5) is 4.31. The topological polar surface area (TPSA) is 64.9 Å². The molecular weight excluding hydrogens is 337 g/mol. The lowest BCUT2D eigenvalue weighted by molar-refractivity contribution is 0.432. The minimum Gasteiger partial charge on any atom is -0.398 e. The van der Waals surface area contributed by atoms with E-state index in [-0.39, 0.29) is 11.6 Å². The van der Waals surface area contributed by atoms with E-state index in [2.05, 4.69) is 26.1 Å². The summed E-state index contributed by atoms with van der Waals surface area (Å²) in [6.45, 7) is 1.99. The van der Waals surface area contributed by atoms with Gasteiger partial charge in [0, 0.05) is 15.7 Å². The van der Waals surface area contributed by atoms with Gasteiger partial charge in [-0.3, -0.25) is 0 Å². The van der Waals surface area contributed by atoms with Crippen molar-refractivity contribution in [1.29, 1.82) is 0 Å². The largest absolute Gasteiger partial charge is 0.398 e. The van der Waals surface area contributed by atoms with E-state index in [1.54, 1.807) is 0 Å². The molecule has 3 aromatic rings. The molecule has 0 atom stereocenters. The van der Waals surface area contributed by atoms with Gasteiger partial charge in [0.05, 0.1) is 5.56 Å². The summed E-state index contributed by atoms with van der Waals surface area (Å²) in [6.07, 6.45) is 0. The number of halogens is 2. The number of aromatic nitrogens is 2. The van der Waals surface area contributed by atoms with Gasteiger partial charge in [-0.1, -0.05) is 33.2 Å². The van der Waals surface area contributed by atoms with Gasteiger partial charge in [-0.2, -0.15) is 4.98 Å². The van der Waals surface area contributed by atoms with Crippen LogP contribution in [0.15, 0.2) is 45.4 Å². The average Bonchev–Trinajstić information content (AvgIpc) is 2.91. The second kappa shape index (κ2) is 5.29. The van der Waals surface area contributed by atoms with E-state index in [0.717, 1.165) is 15.6 Å². The molecule has 0 radical (unpaired) electrons. The number of hydrogen-bond acceptors (Lipinski definition) is 4. The highest BCUT2D eigenvalue weighted by atomic mass is 79.9. The van der Waals surface area contributed by atoms with Crippen molar-refractivity contribution >= 4 is 21.6 Å². The molecule has 0 fully saturated rings. The van der Waals surface area contributed by atoms with Gasteiger partial charge in [0.15, 0.2) is 0 Å². The number of anilines is 1. The number of hydrogen-bond donors (Lipinski definition) is 1. The zero-order valence-corrected chi connectivity index (χ0v) is 12.7. The number of rotatable bonds is 2. The Bertz CT molecular complexity index is 816. The highest BCUT2D eigenvalue weighted by molar-refractivity contribution is 9.10. The van der Waals surface area contributed by atoms with Gasteiger partial charge in [-0.25, -0.2) is 4.39 Å². The Morgan fingerprint density at radius 3 is 2.71 bits per heavy atom. The Morgan fingerprint density at radius 2 is 2.00 bits per heavy atom. The molecule has 0 aliphatic heterocycles. The van der Waals surface area contributed by atoms with Gasteiger partial charge in [0.25, 0.3) is 5.89 Å².